The second-order valence-electron chi connectivity index (χ2n) is 19.0. The van der Waals surface area contributed by atoms with Crippen molar-refractivity contribution >= 4 is 75.2 Å². The summed E-state index contributed by atoms with van der Waals surface area (Å²) in [6.45, 7) is 6.75. The van der Waals surface area contributed by atoms with Crippen LogP contribution in [0.4, 0.5) is 22.7 Å². The zero-order valence-electron chi connectivity index (χ0n) is 39.4. The zero-order valence-corrected chi connectivity index (χ0v) is 43.4. The van der Waals surface area contributed by atoms with Crippen molar-refractivity contribution in [2.45, 2.75) is 26.2 Å². The summed E-state index contributed by atoms with van der Waals surface area (Å²) in [5.41, 5.74) is 13.9. The van der Waals surface area contributed by atoms with Gasteiger partial charge in [-0.25, -0.2) is 0 Å². The molecule has 4 heterocycles. The van der Waals surface area contributed by atoms with Gasteiger partial charge in [-0.05, 0) is 11.1 Å². The van der Waals surface area contributed by atoms with E-state index in [2.05, 4.69) is 230 Å². The molecule has 0 atom stereocenters. The average Bonchev–Trinajstić information content (AvgIpc) is 4.02. The first-order valence-corrected chi connectivity index (χ1v) is 27.1. The Balaban J connectivity index is 0.00000517. The van der Waals surface area contributed by atoms with Gasteiger partial charge in [-0.15, -0.1) is 0 Å². The summed E-state index contributed by atoms with van der Waals surface area (Å²) >= 11 is -3.08. The Kier molecular flexibility index (Phi) is 11.0. The van der Waals surface area contributed by atoms with Gasteiger partial charge in [0, 0.05) is 32.2 Å². The molecule has 0 unspecified atom stereocenters. The third-order valence-corrected chi connectivity index (χ3v) is 22.3. The van der Waals surface area contributed by atoms with Gasteiger partial charge in [0.05, 0.1) is 0 Å². The van der Waals surface area contributed by atoms with Crippen molar-refractivity contribution in [3.8, 4) is 50.7 Å². The van der Waals surface area contributed by atoms with Crippen LogP contribution in [0.5, 0.6) is 11.5 Å². The van der Waals surface area contributed by atoms with Crippen molar-refractivity contribution in [1.82, 2.24) is 9.55 Å². The number of ether oxygens (including phenoxy) is 1. The predicted molar refractivity (Wildman–Crippen MR) is 292 cm³/mol. The molecule has 11 aromatic rings. The fraction of sp³-hybridized carbons (Fsp3) is 0.0625. The van der Waals surface area contributed by atoms with Gasteiger partial charge in [-0.2, -0.15) is 0 Å². The Morgan fingerprint density at radius 2 is 1.15 bits per heavy atom. The molecule has 2 aliphatic heterocycles. The fourth-order valence-corrected chi connectivity index (χ4v) is 20.4. The van der Waals surface area contributed by atoms with Gasteiger partial charge < -0.3 is 0 Å². The molecule has 7 heteroatoms. The quantitative estimate of drug-likeness (QED) is 0.116. The van der Waals surface area contributed by atoms with Gasteiger partial charge in [0.15, 0.2) is 0 Å². The number of fused-ring (bicyclic) bond motifs is 7. The van der Waals surface area contributed by atoms with E-state index in [-0.39, 0.29) is 26.5 Å². The smallest absolute Gasteiger partial charge is 0.0622 e. The molecule has 0 radical (unpaired) electrons. The molecule has 9 aromatic carbocycles. The summed E-state index contributed by atoms with van der Waals surface area (Å²) < 4.78 is 14.9. The molecule has 2 aromatic heterocycles. The standard InChI is InChI=1S/C64H47N4OSe.Pt/c1-64(2,3)44-36-37-65-60(38-44)68-54-32-19-35-58-61(54)62-55(68)40-47(41-59(62)70(58)56-33-15-11-26-50(56)51-27-12-16-34-57(51)70)69-46-25-17-24-45(39-46)66-52-30-13-14-31-53(52)67(4)63-48(42-20-7-5-8-21-42)28-18-29-49(63)43-22-9-6-10-23-43;/h5-38,41,66H,4H2,1-3H3;/q-3;. The monoisotopic (exact) mass is 1160 g/mol. The molecular formula is C64H47N4OPtSe-3. The second-order valence-corrected chi connectivity index (χ2v) is 25.3. The molecule has 1 spiro atoms. The normalized spacial score (nSPS) is 13.2. The topological polar surface area (TPSA) is 42.3 Å². The Morgan fingerprint density at radius 1 is 0.563 bits per heavy atom. The average molecular weight is 1160 g/mol. The number of pyridine rings is 1. The molecule has 13 rings (SSSR count). The van der Waals surface area contributed by atoms with Crippen LogP contribution in [0, 0.1) is 19.2 Å². The van der Waals surface area contributed by atoms with E-state index < -0.39 is 12.8 Å². The number of hydrogen-bond donors (Lipinski definition) is 1. The Hall–Kier alpha value is -7.46. The number of nitrogens with one attached hydrogen (secondary N) is 1. The predicted octanol–water partition coefficient (Wildman–Crippen LogP) is 13.5. The molecule has 71 heavy (non-hydrogen) atoms. The minimum Gasteiger partial charge on any atom is -0.0622 e. The number of benzene rings is 9. The van der Waals surface area contributed by atoms with E-state index in [1.807, 2.05) is 30.5 Å². The first-order chi connectivity index (χ1) is 34.3. The molecule has 5 nitrogen and oxygen atoms in total. The van der Waals surface area contributed by atoms with E-state index in [4.69, 9.17) is 16.8 Å². The summed E-state index contributed by atoms with van der Waals surface area (Å²) in [5.74, 6) is 2.09. The third-order valence-electron chi connectivity index (χ3n) is 13.9. The maximum absolute atomic E-state index is 7.03. The van der Waals surface area contributed by atoms with Crippen molar-refractivity contribution in [3.63, 3.8) is 0 Å². The van der Waals surface area contributed by atoms with Gasteiger partial charge in [-0.3, -0.25) is 0 Å². The minimum absolute atomic E-state index is 0. The van der Waals surface area contributed by atoms with E-state index in [9.17, 15) is 0 Å². The van der Waals surface area contributed by atoms with E-state index >= 15 is 0 Å². The Morgan fingerprint density at radius 3 is 1.85 bits per heavy atom. The van der Waals surface area contributed by atoms with Crippen LogP contribution in [-0.4, -0.2) is 22.4 Å². The molecule has 0 fully saturated rings. The van der Waals surface area contributed by atoms with Crippen LogP contribution in [0.25, 0.3) is 61.0 Å². The number of hydrogen-bond acceptors (Lipinski definition) is 4. The van der Waals surface area contributed by atoms with Gasteiger partial charge in [0.2, 0.25) is 0 Å². The molecule has 0 saturated carbocycles. The van der Waals surface area contributed by atoms with Gasteiger partial charge in [0.25, 0.3) is 0 Å². The molecule has 2 aliphatic rings. The first-order valence-electron chi connectivity index (χ1n) is 23.7. The molecule has 1 N–H and O–H groups in total. The van der Waals surface area contributed by atoms with E-state index in [1.54, 1.807) is 0 Å². The summed E-state index contributed by atoms with van der Waals surface area (Å²) in [6.07, 6.45) is 1.94. The molecule has 0 bridgehead atoms. The molecular weight excluding hydrogens is 1110 g/mol. The Bertz CT molecular complexity index is 3760. The van der Waals surface area contributed by atoms with Crippen LogP contribution in [0.3, 0.4) is 0 Å². The number of aromatic nitrogens is 2. The Labute approximate surface area is 431 Å². The van der Waals surface area contributed by atoms with E-state index in [0.717, 1.165) is 61.9 Å². The van der Waals surface area contributed by atoms with Crippen LogP contribution < -0.4 is 32.8 Å². The van der Waals surface area contributed by atoms with Crippen LogP contribution >= 0.6 is 0 Å². The summed E-state index contributed by atoms with van der Waals surface area (Å²) in [5, 5.41) is 6.25. The zero-order chi connectivity index (χ0) is 47.1. The van der Waals surface area contributed by atoms with Crippen LogP contribution in [0.1, 0.15) is 26.3 Å². The van der Waals surface area contributed by atoms with Gasteiger partial charge in [-0.1, -0.05) is 78.9 Å². The van der Waals surface area contributed by atoms with Crippen LogP contribution in [0.15, 0.2) is 212 Å². The van der Waals surface area contributed by atoms with Crippen molar-refractivity contribution < 1.29 is 25.8 Å². The second kappa shape index (κ2) is 17.4. The molecule has 348 valence electrons. The van der Waals surface area contributed by atoms with E-state index in [0.29, 0.717) is 11.5 Å². The number of rotatable bonds is 9. The number of para-hydroxylation sites is 3. The third kappa shape index (κ3) is 7.11. The number of anilines is 4. The number of nitrogens with zero attached hydrogens (tertiary/aromatic N) is 3. The van der Waals surface area contributed by atoms with Crippen molar-refractivity contribution in [2.75, 3.05) is 10.2 Å². The summed E-state index contributed by atoms with van der Waals surface area (Å²) in [7, 11) is 4.74. The van der Waals surface area contributed by atoms with Gasteiger partial charge >= 0.3 is 313 Å². The van der Waals surface area contributed by atoms with Crippen molar-refractivity contribution in [3.05, 3.63) is 237 Å². The minimum atomic E-state index is -3.08. The van der Waals surface area contributed by atoms with Crippen molar-refractivity contribution in [1.29, 1.82) is 0 Å². The molecule has 0 aliphatic carbocycles. The van der Waals surface area contributed by atoms with Crippen LogP contribution in [0.2, 0.25) is 0 Å². The SMILES string of the molecule is [CH2-]N(c1ccccc1Nc1[c-]c(Oc2[c-]c3c4c(c2)[Se]2(c5ccccc5-c5ccccc52)c2cccc(c24)n3-c2cc(C(C)(C)C)ccn2)ccc1)c1c(-c2ccccc2)cccc1-c1ccccc1.[Pt]. The summed E-state index contributed by atoms with van der Waals surface area (Å²) in [4.78, 5) is 7.09. The molecule has 0 amide bonds. The van der Waals surface area contributed by atoms with Crippen LogP contribution in [-0.2, 0) is 26.5 Å². The molecule has 0 saturated heterocycles. The van der Waals surface area contributed by atoms with E-state index in [1.165, 1.54) is 45.3 Å². The van der Waals surface area contributed by atoms with Crippen molar-refractivity contribution in [2.24, 2.45) is 0 Å². The maximum atomic E-state index is 7.03. The first kappa shape index (κ1) is 44.7. The summed E-state index contributed by atoms with van der Waals surface area (Å²) in [6, 6.07) is 80.9. The fourth-order valence-electron chi connectivity index (χ4n) is 10.7. The van der Waals surface area contributed by atoms with Gasteiger partial charge in [0.1, 0.15) is 0 Å².